The van der Waals surface area contributed by atoms with Crippen molar-refractivity contribution in [2.75, 3.05) is 0 Å². The van der Waals surface area contributed by atoms with E-state index in [0.717, 1.165) is 5.56 Å². The van der Waals surface area contributed by atoms with Crippen molar-refractivity contribution in [1.82, 2.24) is 10.3 Å². The van der Waals surface area contributed by atoms with Crippen LogP contribution in [0.15, 0.2) is 29.2 Å². The fourth-order valence-electron chi connectivity index (χ4n) is 1.35. The smallest absolute Gasteiger partial charge is 0.257 e. The van der Waals surface area contributed by atoms with Crippen molar-refractivity contribution in [2.45, 2.75) is 38.5 Å². The minimum absolute atomic E-state index is 0.126. The van der Waals surface area contributed by atoms with Gasteiger partial charge in [-0.15, -0.1) is 4.83 Å². The van der Waals surface area contributed by atoms with Crippen LogP contribution in [-0.4, -0.2) is 14.3 Å². The van der Waals surface area contributed by atoms with Crippen LogP contribution in [0.2, 0.25) is 0 Å². The van der Waals surface area contributed by atoms with Gasteiger partial charge in [0.2, 0.25) is 5.91 Å². The van der Waals surface area contributed by atoms with Gasteiger partial charge in [-0.05, 0) is 23.6 Å². The van der Waals surface area contributed by atoms with Crippen LogP contribution in [0.25, 0.3) is 0 Å². The largest absolute Gasteiger partial charge is 0.277 e. The number of nitrogens with one attached hydrogen (secondary N) is 2. The first-order valence-corrected chi connectivity index (χ1v) is 7.64. The van der Waals surface area contributed by atoms with Crippen LogP contribution in [0.3, 0.4) is 0 Å². The summed E-state index contributed by atoms with van der Waals surface area (Å²) in [5, 5.41) is 0. The number of benzene rings is 1. The Morgan fingerprint density at radius 1 is 1.05 bits per heavy atom. The number of hydrogen-bond acceptors (Lipinski definition) is 3. The fourth-order valence-corrected chi connectivity index (χ4v) is 2.20. The zero-order valence-electron chi connectivity index (χ0n) is 11.6. The highest BCUT2D eigenvalue weighted by molar-refractivity contribution is 7.89. The predicted molar refractivity (Wildman–Crippen MR) is 73.8 cm³/mol. The van der Waals surface area contributed by atoms with Crippen molar-refractivity contribution in [3.63, 3.8) is 0 Å². The van der Waals surface area contributed by atoms with Gasteiger partial charge in [0.05, 0.1) is 4.90 Å². The van der Waals surface area contributed by atoms with Crippen LogP contribution >= 0.6 is 0 Å². The third-order valence-corrected chi connectivity index (χ3v) is 3.95. The highest BCUT2D eigenvalue weighted by atomic mass is 32.2. The predicted octanol–water partition coefficient (Wildman–Crippen LogP) is 1.78. The lowest BCUT2D eigenvalue weighted by Gasteiger charge is -2.11. The Bertz CT molecular complexity index is 534. The first kappa shape index (κ1) is 15.7. The quantitative estimate of drug-likeness (QED) is 0.809. The number of hydrazine groups is 1. The Hall–Kier alpha value is -1.40. The summed E-state index contributed by atoms with van der Waals surface area (Å²) in [6.45, 7) is 7.43. The molecule has 0 atom stereocenters. The molecular formula is C13H20N2O3S. The highest BCUT2D eigenvalue weighted by Gasteiger charge is 2.16. The SMILES string of the molecule is CC(C)C(=O)NNS(=O)(=O)c1ccc(C(C)C)cc1. The van der Waals surface area contributed by atoms with Gasteiger partial charge in [0.1, 0.15) is 0 Å². The molecule has 0 bridgehead atoms. The molecule has 0 aliphatic carbocycles. The molecule has 0 aromatic heterocycles. The van der Waals surface area contributed by atoms with Gasteiger partial charge >= 0.3 is 0 Å². The summed E-state index contributed by atoms with van der Waals surface area (Å²) in [6, 6.07) is 6.59. The monoisotopic (exact) mass is 284 g/mol. The molecule has 0 radical (unpaired) electrons. The lowest BCUT2D eigenvalue weighted by molar-refractivity contribution is -0.124. The lowest BCUT2D eigenvalue weighted by atomic mass is 10.0. The normalized spacial score (nSPS) is 11.9. The van der Waals surface area contributed by atoms with E-state index >= 15 is 0 Å². The maximum absolute atomic E-state index is 11.9. The molecule has 0 heterocycles. The molecule has 6 heteroatoms. The van der Waals surface area contributed by atoms with E-state index in [1.807, 2.05) is 13.8 Å². The Morgan fingerprint density at radius 2 is 1.58 bits per heavy atom. The zero-order chi connectivity index (χ0) is 14.6. The first-order valence-electron chi connectivity index (χ1n) is 6.15. The molecule has 0 unspecified atom stereocenters. The van der Waals surface area contributed by atoms with Crippen molar-refractivity contribution < 1.29 is 13.2 Å². The molecule has 1 rings (SSSR count). The van der Waals surface area contributed by atoms with Gasteiger partial charge in [0.15, 0.2) is 0 Å². The summed E-state index contributed by atoms with van der Waals surface area (Å²) in [7, 11) is -3.71. The van der Waals surface area contributed by atoms with E-state index < -0.39 is 10.0 Å². The van der Waals surface area contributed by atoms with Crippen molar-refractivity contribution in [1.29, 1.82) is 0 Å². The Balaban J connectivity index is 2.80. The molecule has 0 aliphatic rings. The topological polar surface area (TPSA) is 75.3 Å². The molecule has 0 saturated heterocycles. The summed E-state index contributed by atoms with van der Waals surface area (Å²) in [5.41, 5.74) is 3.24. The van der Waals surface area contributed by atoms with Crippen molar-refractivity contribution in [2.24, 2.45) is 5.92 Å². The van der Waals surface area contributed by atoms with Gasteiger partial charge in [0.25, 0.3) is 10.0 Å². The van der Waals surface area contributed by atoms with Crippen LogP contribution in [0.4, 0.5) is 0 Å². The maximum Gasteiger partial charge on any atom is 0.257 e. The molecule has 0 fully saturated rings. The van der Waals surface area contributed by atoms with Gasteiger partial charge < -0.3 is 0 Å². The molecule has 19 heavy (non-hydrogen) atoms. The number of hydrogen-bond donors (Lipinski definition) is 2. The average molecular weight is 284 g/mol. The van der Waals surface area contributed by atoms with Crippen LogP contribution in [-0.2, 0) is 14.8 Å². The highest BCUT2D eigenvalue weighted by Crippen LogP contribution is 2.16. The van der Waals surface area contributed by atoms with Crippen LogP contribution in [0.5, 0.6) is 0 Å². The van der Waals surface area contributed by atoms with Gasteiger partial charge in [0, 0.05) is 5.92 Å². The van der Waals surface area contributed by atoms with Crippen LogP contribution in [0.1, 0.15) is 39.2 Å². The molecule has 0 saturated carbocycles. The minimum Gasteiger partial charge on any atom is -0.277 e. The zero-order valence-corrected chi connectivity index (χ0v) is 12.4. The summed E-state index contributed by atoms with van der Waals surface area (Å²) in [5.74, 6) is -0.321. The number of rotatable bonds is 5. The molecule has 1 aromatic rings. The Labute approximate surface area is 114 Å². The van der Waals surface area contributed by atoms with E-state index in [4.69, 9.17) is 0 Å². The second-order valence-corrected chi connectivity index (χ2v) is 6.66. The molecule has 106 valence electrons. The summed E-state index contributed by atoms with van der Waals surface area (Å²) >= 11 is 0. The second-order valence-electron chi connectivity index (χ2n) is 4.97. The third kappa shape index (κ3) is 4.33. The number of carbonyl (C=O) groups is 1. The number of amides is 1. The molecule has 0 aliphatic heterocycles. The number of sulfonamides is 1. The summed E-state index contributed by atoms with van der Waals surface area (Å²) < 4.78 is 23.8. The fraction of sp³-hybridized carbons (Fsp3) is 0.462. The Morgan fingerprint density at radius 3 is 2.00 bits per heavy atom. The van der Waals surface area contributed by atoms with E-state index in [1.165, 1.54) is 12.1 Å². The first-order chi connectivity index (χ1) is 8.74. The maximum atomic E-state index is 11.9. The lowest BCUT2D eigenvalue weighted by Crippen LogP contribution is -2.43. The molecule has 0 spiro atoms. The average Bonchev–Trinajstić information content (AvgIpc) is 2.36. The Kier molecular flexibility index (Phi) is 5.08. The molecule has 2 N–H and O–H groups in total. The molecular weight excluding hydrogens is 264 g/mol. The van der Waals surface area contributed by atoms with Gasteiger partial charge in [-0.2, -0.15) is 0 Å². The van der Waals surface area contributed by atoms with Gasteiger partial charge in [-0.1, -0.05) is 39.8 Å². The van der Waals surface area contributed by atoms with Gasteiger partial charge in [-0.25, -0.2) is 8.42 Å². The summed E-state index contributed by atoms with van der Waals surface area (Å²) in [6.07, 6.45) is 0. The van der Waals surface area contributed by atoms with Crippen LogP contribution in [0, 0.1) is 5.92 Å². The minimum atomic E-state index is -3.71. The third-order valence-electron chi connectivity index (χ3n) is 2.69. The number of carbonyl (C=O) groups excluding carboxylic acids is 1. The van der Waals surface area contributed by atoms with E-state index in [1.54, 1.807) is 26.0 Å². The van der Waals surface area contributed by atoms with E-state index in [0.29, 0.717) is 5.92 Å². The molecule has 1 amide bonds. The second kappa shape index (κ2) is 6.16. The van der Waals surface area contributed by atoms with Crippen molar-refractivity contribution >= 4 is 15.9 Å². The van der Waals surface area contributed by atoms with Gasteiger partial charge in [-0.3, -0.25) is 10.2 Å². The van der Waals surface area contributed by atoms with E-state index in [-0.39, 0.29) is 16.7 Å². The molecule has 5 nitrogen and oxygen atoms in total. The standard InChI is InChI=1S/C13H20N2O3S/c1-9(2)11-5-7-12(8-6-11)19(17,18)15-14-13(16)10(3)4/h5-10,15H,1-4H3,(H,14,16). The van der Waals surface area contributed by atoms with Crippen molar-refractivity contribution in [3.8, 4) is 0 Å². The van der Waals surface area contributed by atoms with Crippen molar-refractivity contribution in [3.05, 3.63) is 29.8 Å². The van der Waals surface area contributed by atoms with Crippen LogP contribution < -0.4 is 10.3 Å². The van der Waals surface area contributed by atoms with E-state index in [9.17, 15) is 13.2 Å². The summed E-state index contributed by atoms with van der Waals surface area (Å²) in [4.78, 5) is 13.5. The molecule has 1 aromatic carbocycles. The van der Waals surface area contributed by atoms with E-state index in [2.05, 4.69) is 10.3 Å².